The molecule has 0 fully saturated rings. The summed E-state index contributed by atoms with van der Waals surface area (Å²) in [7, 11) is 0. The molecule has 80 valence electrons. The maximum absolute atomic E-state index is 8.35. The highest BCUT2D eigenvalue weighted by molar-refractivity contribution is 5.01. The van der Waals surface area contributed by atoms with Gasteiger partial charge in [-0.05, 0) is 25.8 Å². The Hall–Kier alpha value is -1.60. The highest BCUT2D eigenvalue weighted by atomic mass is 15.0. The van der Waals surface area contributed by atoms with E-state index in [1.165, 1.54) is 6.08 Å². The van der Waals surface area contributed by atoms with E-state index < -0.39 is 0 Å². The van der Waals surface area contributed by atoms with Crippen molar-refractivity contribution in [3.8, 4) is 6.07 Å². The number of rotatable bonds is 6. The molecule has 0 radical (unpaired) electrons. The van der Waals surface area contributed by atoms with E-state index in [9.17, 15) is 0 Å². The van der Waals surface area contributed by atoms with Gasteiger partial charge in [0.25, 0.3) is 0 Å². The molecule has 0 aliphatic heterocycles. The summed E-state index contributed by atoms with van der Waals surface area (Å²) in [4.78, 5) is 4.02. The van der Waals surface area contributed by atoms with Gasteiger partial charge in [-0.15, -0.1) is 0 Å². The van der Waals surface area contributed by atoms with E-state index >= 15 is 0 Å². The molecule has 0 aliphatic carbocycles. The van der Waals surface area contributed by atoms with Gasteiger partial charge in [0.15, 0.2) is 0 Å². The van der Waals surface area contributed by atoms with Gasteiger partial charge in [-0.1, -0.05) is 6.08 Å². The summed E-state index contributed by atoms with van der Waals surface area (Å²) < 4.78 is 2.08. The fourth-order valence-electron chi connectivity index (χ4n) is 1.54. The molecule has 1 unspecified atom stereocenters. The first-order chi connectivity index (χ1) is 7.38. The van der Waals surface area contributed by atoms with Crippen LogP contribution in [0.3, 0.4) is 0 Å². The number of nitrogens with zero attached hydrogens (tertiary/aromatic N) is 3. The summed E-state index contributed by atoms with van der Waals surface area (Å²) >= 11 is 0. The molecule has 1 aromatic rings. The minimum absolute atomic E-state index is 0.390. The Kier molecular flexibility index (Phi) is 5.20. The number of allylic oxidation sites excluding steroid dienone is 2. The summed E-state index contributed by atoms with van der Waals surface area (Å²) in [6.07, 6.45) is 11.8. The van der Waals surface area contributed by atoms with Crippen molar-refractivity contribution in [2.45, 2.75) is 25.3 Å². The lowest BCUT2D eigenvalue weighted by molar-refractivity contribution is 0.444. The molecular weight excluding hydrogens is 188 g/mol. The third-order valence-electron chi connectivity index (χ3n) is 2.31. The van der Waals surface area contributed by atoms with Gasteiger partial charge in [0.1, 0.15) is 0 Å². The van der Waals surface area contributed by atoms with Crippen molar-refractivity contribution in [3.63, 3.8) is 0 Å². The van der Waals surface area contributed by atoms with Gasteiger partial charge < -0.3 is 10.3 Å². The van der Waals surface area contributed by atoms with Crippen molar-refractivity contribution in [1.29, 1.82) is 5.26 Å². The molecule has 0 aliphatic rings. The normalized spacial score (nSPS) is 12.8. The van der Waals surface area contributed by atoms with Crippen LogP contribution >= 0.6 is 0 Å². The maximum Gasteiger partial charge on any atom is 0.0948 e. The van der Waals surface area contributed by atoms with Crippen molar-refractivity contribution < 1.29 is 0 Å². The van der Waals surface area contributed by atoms with Crippen LogP contribution in [0.5, 0.6) is 0 Å². The Labute approximate surface area is 90.0 Å². The Bertz CT molecular complexity index is 321. The van der Waals surface area contributed by atoms with Crippen molar-refractivity contribution in [1.82, 2.24) is 9.55 Å². The number of aromatic nitrogens is 2. The van der Waals surface area contributed by atoms with Crippen LogP contribution in [-0.4, -0.2) is 16.1 Å². The van der Waals surface area contributed by atoms with Gasteiger partial charge in [-0.2, -0.15) is 5.26 Å². The van der Waals surface area contributed by atoms with Crippen LogP contribution < -0.4 is 5.73 Å². The van der Waals surface area contributed by atoms with Crippen LogP contribution in [-0.2, 0) is 0 Å². The zero-order valence-corrected chi connectivity index (χ0v) is 8.71. The minimum Gasteiger partial charge on any atom is -0.334 e. The first kappa shape index (κ1) is 11.5. The van der Waals surface area contributed by atoms with Crippen LogP contribution in [0, 0.1) is 11.3 Å². The van der Waals surface area contributed by atoms with Crippen LogP contribution in [0.1, 0.15) is 25.3 Å². The monoisotopic (exact) mass is 204 g/mol. The second-order valence-electron chi connectivity index (χ2n) is 3.35. The summed E-state index contributed by atoms with van der Waals surface area (Å²) in [5, 5.41) is 8.35. The Morgan fingerprint density at radius 1 is 1.53 bits per heavy atom. The van der Waals surface area contributed by atoms with Gasteiger partial charge in [-0.3, -0.25) is 0 Å². The molecule has 1 rings (SSSR count). The summed E-state index contributed by atoms with van der Waals surface area (Å²) in [6.45, 7) is 0.671. The first-order valence-electron chi connectivity index (χ1n) is 5.10. The second-order valence-corrected chi connectivity index (χ2v) is 3.35. The number of hydrogen-bond donors (Lipinski definition) is 1. The van der Waals surface area contributed by atoms with Crippen molar-refractivity contribution in [2.75, 3.05) is 6.54 Å². The topological polar surface area (TPSA) is 67.6 Å². The summed E-state index contributed by atoms with van der Waals surface area (Å²) in [6, 6.07) is 2.37. The van der Waals surface area contributed by atoms with Crippen molar-refractivity contribution in [2.24, 2.45) is 5.73 Å². The molecular formula is C11H16N4. The quantitative estimate of drug-likeness (QED) is 0.716. The smallest absolute Gasteiger partial charge is 0.0948 e. The number of nitrogens with two attached hydrogens (primary N) is 1. The predicted octanol–water partition coefficient (Wildman–Crippen LogP) is 1.63. The molecule has 4 heteroatoms. The molecule has 0 bridgehead atoms. The average molecular weight is 204 g/mol. The van der Waals surface area contributed by atoms with Crippen LogP contribution in [0.15, 0.2) is 30.9 Å². The Morgan fingerprint density at radius 3 is 3.00 bits per heavy atom. The van der Waals surface area contributed by atoms with E-state index in [4.69, 9.17) is 11.0 Å². The fraction of sp³-hybridized carbons (Fsp3) is 0.455. The maximum atomic E-state index is 8.35. The highest BCUT2D eigenvalue weighted by Crippen LogP contribution is 2.17. The highest BCUT2D eigenvalue weighted by Gasteiger charge is 2.07. The standard InChI is InChI=1S/C11H16N4/c12-6-3-1-2-4-11(5-7-13)15-9-8-14-10-15/h1,3,8-11H,2,4-5,7,13H2. The van der Waals surface area contributed by atoms with Gasteiger partial charge in [0.2, 0.25) is 0 Å². The first-order valence-corrected chi connectivity index (χ1v) is 5.10. The number of imidazole rings is 1. The van der Waals surface area contributed by atoms with E-state index in [-0.39, 0.29) is 0 Å². The van der Waals surface area contributed by atoms with Gasteiger partial charge in [-0.25, -0.2) is 4.98 Å². The van der Waals surface area contributed by atoms with E-state index in [0.29, 0.717) is 12.6 Å². The predicted molar refractivity (Wildman–Crippen MR) is 58.9 cm³/mol. The third-order valence-corrected chi connectivity index (χ3v) is 2.31. The zero-order chi connectivity index (χ0) is 10.9. The Morgan fingerprint density at radius 2 is 2.40 bits per heavy atom. The lowest BCUT2D eigenvalue weighted by atomic mass is 10.1. The fourth-order valence-corrected chi connectivity index (χ4v) is 1.54. The molecule has 0 saturated heterocycles. The van der Waals surface area contributed by atoms with E-state index in [1.54, 1.807) is 6.20 Å². The molecule has 0 amide bonds. The van der Waals surface area contributed by atoms with Crippen molar-refractivity contribution in [3.05, 3.63) is 30.9 Å². The second kappa shape index (κ2) is 6.80. The summed E-state index contributed by atoms with van der Waals surface area (Å²) in [5.74, 6) is 0. The Balaban J connectivity index is 2.45. The lowest BCUT2D eigenvalue weighted by Crippen LogP contribution is -2.12. The molecule has 0 aromatic carbocycles. The minimum atomic E-state index is 0.390. The van der Waals surface area contributed by atoms with Crippen LogP contribution in [0.25, 0.3) is 0 Å². The molecule has 1 atom stereocenters. The molecule has 1 heterocycles. The van der Waals surface area contributed by atoms with E-state index in [0.717, 1.165) is 19.3 Å². The largest absolute Gasteiger partial charge is 0.334 e. The molecule has 0 saturated carbocycles. The zero-order valence-electron chi connectivity index (χ0n) is 8.71. The lowest BCUT2D eigenvalue weighted by Gasteiger charge is -2.16. The molecule has 4 nitrogen and oxygen atoms in total. The van der Waals surface area contributed by atoms with E-state index in [1.807, 2.05) is 24.7 Å². The van der Waals surface area contributed by atoms with Gasteiger partial charge >= 0.3 is 0 Å². The van der Waals surface area contributed by atoms with Gasteiger partial charge in [0, 0.05) is 24.5 Å². The SMILES string of the molecule is N#CC=CCCC(CCN)n1ccnc1. The number of hydrogen-bond acceptors (Lipinski definition) is 3. The molecule has 2 N–H and O–H groups in total. The third kappa shape index (κ3) is 3.96. The summed E-state index contributed by atoms with van der Waals surface area (Å²) in [5.41, 5.74) is 5.56. The molecule has 0 spiro atoms. The number of nitriles is 1. The van der Waals surface area contributed by atoms with Crippen molar-refractivity contribution >= 4 is 0 Å². The average Bonchev–Trinajstić information content (AvgIpc) is 2.76. The molecule has 1 aromatic heterocycles. The van der Waals surface area contributed by atoms with E-state index in [2.05, 4.69) is 9.55 Å². The van der Waals surface area contributed by atoms with Gasteiger partial charge in [0.05, 0.1) is 12.4 Å². The van der Waals surface area contributed by atoms with Crippen LogP contribution in [0.4, 0.5) is 0 Å². The van der Waals surface area contributed by atoms with Crippen LogP contribution in [0.2, 0.25) is 0 Å². The molecule has 15 heavy (non-hydrogen) atoms.